The molecule has 0 aliphatic carbocycles. The molecule has 0 bridgehead atoms. The second-order valence-corrected chi connectivity index (χ2v) is 3.30. The monoisotopic (exact) mass is 254 g/mol. The highest BCUT2D eigenvalue weighted by Crippen LogP contribution is 2.23. The van der Waals surface area contributed by atoms with Crippen LogP contribution in [0.3, 0.4) is 0 Å². The molecule has 0 amide bonds. The molecule has 0 fully saturated rings. The molecule has 2 aromatic rings. The predicted octanol–water partition coefficient (Wildman–Crippen LogP) is 1.78. The molecule has 6 heteroatoms. The Kier molecular flexibility index (Phi) is 2.47. The molecule has 0 atom stereocenters. The maximum atomic E-state index is 5.33. The Morgan fingerprint density at radius 1 is 1.36 bits per heavy atom. The maximum Gasteiger partial charge on any atom is 0.237 e. The fraction of sp³-hybridized carbons (Fsp3) is 0. The lowest BCUT2D eigenvalue weighted by molar-refractivity contribution is 0.553. The van der Waals surface area contributed by atoms with E-state index in [1.54, 1.807) is 18.3 Å². The van der Waals surface area contributed by atoms with Gasteiger partial charge in [0.25, 0.3) is 0 Å². The molecule has 0 aromatic carbocycles. The molecule has 0 aliphatic heterocycles. The van der Waals surface area contributed by atoms with Crippen molar-refractivity contribution in [1.29, 1.82) is 0 Å². The normalized spacial score (nSPS) is 10.1. The average molecular weight is 255 g/mol. The first-order valence-electron chi connectivity index (χ1n) is 3.85. The molecular formula is C8H7BrN4O. The third-order valence-corrected chi connectivity index (χ3v) is 2.04. The van der Waals surface area contributed by atoms with Gasteiger partial charge in [0.1, 0.15) is 5.69 Å². The first-order chi connectivity index (χ1) is 6.79. The van der Waals surface area contributed by atoms with Crippen molar-refractivity contribution in [3.05, 3.63) is 29.1 Å². The van der Waals surface area contributed by atoms with Crippen molar-refractivity contribution in [1.82, 2.24) is 9.97 Å². The lowest BCUT2D eigenvalue weighted by atomic mass is 10.3. The molecule has 72 valence electrons. The number of aromatic nitrogens is 2. The third kappa shape index (κ3) is 1.75. The molecule has 0 aliphatic rings. The lowest BCUT2D eigenvalue weighted by Crippen LogP contribution is -2.10. The summed E-state index contributed by atoms with van der Waals surface area (Å²) in [7, 11) is 0. The summed E-state index contributed by atoms with van der Waals surface area (Å²) < 4.78 is 5.99. The number of rotatable bonds is 2. The van der Waals surface area contributed by atoms with Crippen LogP contribution in [0.2, 0.25) is 0 Å². The number of hydrogen-bond donors (Lipinski definition) is 2. The van der Waals surface area contributed by atoms with Crippen LogP contribution in [0, 0.1) is 0 Å². The molecule has 2 rings (SSSR count). The number of hydrogen-bond acceptors (Lipinski definition) is 5. The molecule has 0 saturated carbocycles. The Bertz CT molecular complexity index is 442. The lowest BCUT2D eigenvalue weighted by Gasteiger charge is -1.99. The zero-order chi connectivity index (χ0) is 9.97. The second-order valence-electron chi connectivity index (χ2n) is 2.51. The number of hydrazine groups is 1. The standard InChI is InChI=1S/C8H7BrN4O/c9-7-2-1-6(14-7)5-3-4-11-8(12-5)13-10/h1-4H,10H2,(H,11,12,13). The zero-order valence-electron chi connectivity index (χ0n) is 7.07. The van der Waals surface area contributed by atoms with Crippen molar-refractivity contribution in [2.45, 2.75) is 0 Å². The van der Waals surface area contributed by atoms with E-state index in [0.29, 0.717) is 22.1 Å². The van der Waals surface area contributed by atoms with E-state index < -0.39 is 0 Å². The van der Waals surface area contributed by atoms with Gasteiger partial charge in [0.2, 0.25) is 5.95 Å². The molecule has 0 radical (unpaired) electrons. The van der Waals surface area contributed by atoms with E-state index in [2.05, 4.69) is 31.3 Å². The van der Waals surface area contributed by atoms with Crippen molar-refractivity contribution in [3.63, 3.8) is 0 Å². The summed E-state index contributed by atoms with van der Waals surface area (Å²) >= 11 is 3.21. The van der Waals surface area contributed by atoms with E-state index in [1.807, 2.05) is 6.07 Å². The van der Waals surface area contributed by atoms with Crippen LogP contribution in [0.15, 0.2) is 33.5 Å². The Morgan fingerprint density at radius 3 is 2.86 bits per heavy atom. The minimum Gasteiger partial charge on any atom is -0.448 e. The van der Waals surface area contributed by atoms with E-state index in [4.69, 9.17) is 10.3 Å². The number of nitrogens with zero attached hydrogens (tertiary/aromatic N) is 2. The summed E-state index contributed by atoms with van der Waals surface area (Å²) in [6.07, 6.45) is 1.61. The van der Waals surface area contributed by atoms with Gasteiger partial charge in [0.05, 0.1) is 0 Å². The fourth-order valence-corrected chi connectivity index (χ4v) is 1.32. The second kappa shape index (κ2) is 3.77. The SMILES string of the molecule is NNc1nccc(-c2ccc(Br)o2)n1. The summed E-state index contributed by atoms with van der Waals surface area (Å²) in [6, 6.07) is 5.35. The molecule has 0 unspecified atom stereocenters. The molecule has 0 saturated heterocycles. The topological polar surface area (TPSA) is 77.0 Å². The van der Waals surface area contributed by atoms with Gasteiger partial charge in [-0.15, -0.1) is 0 Å². The number of furan rings is 1. The molecule has 0 spiro atoms. The molecule has 2 aromatic heterocycles. The van der Waals surface area contributed by atoms with Crippen molar-refractivity contribution in [2.24, 2.45) is 5.84 Å². The maximum absolute atomic E-state index is 5.33. The quantitative estimate of drug-likeness (QED) is 0.631. The summed E-state index contributed by atoms with van der Waals surface area (Å²) in [6.45, 7) is 0. The van der Waals surface area contributed by atoms with Gasteiger partial charge in [-0.3, -0.25) is 5.43 Å². The summed E-state index contributed by atoms with van der Waals surface area (Å²) in [5.74, 6) is 6.21. The van der Waals surface area contributed by atoms with Gasteiger partial charge < -0.3 is 4.42 Å². The zero-order valence-corrected chi connectivity index (χ0v) is 8.65. The minimum absolute atomic E-state index is 0.357. The van der Waals surface area contributed by atoms with Crippen molar-refractivity contribution < 1.29 is 4.42 Å². The molecule has 5 nitrogen and oxygen atoms in total. The predicted molar refractivity (Wildman–Crippen MR) is 55.2 cm³/mol. The Hall–Kier alpha value is -1.40. The third-order valence-electron chi connectivity index (χ3n) is 1.61. The molecule has 14 heavy (non-hydrogen) atoms. The summed E-state index contributed by atoms with van der Waals surface area (Å²) in [5.41, 5.74) is 3.05. The molecule has 3 N–H and O–H groups in total. The van der Waals surface area contributed by atoms with Crippen LogP contribution in [0.4, 0.5) is 5.95 Å². The van der Waals surface area contributed by atoms with Crippen LogP contribution < -0.4 is 11.3 Å². The smallest absolute Gasteiger partial charge is 0.237 e. The van der Waals surface area contributed by atoms with Gasteiger partial charge in [-0.05, 0) is 34.1 Å². The average Bonchev–Trinajstić information content (AvgIpc) is 2.65. The number of nitrogen functional groups attached to an aromatic ring is 1. The highest BCUT2D eigenvalue weighted by Gasteiger charge is 2.05. The largest absolute Gasteiger partial charge is 0.448 e. The van der Waals surface area contributed by atoms with Gasteiger partial charge in [-0.2, -0.15) is 0 Å². The van der Waals surface area contributed by atoms with E-state index in [-0.39, 0.29) is 0 Å². The van der Waals surface area contributed by atoms with Gasteiger partial charge >= 0.3 is 0 Å². The first-order valence-corrected chi connectivity index (χ1v) is 4.64. The van der Waals surface area contributed by atoms with Crippen LogP contribution in [0.25, 0.3) is 11.5 Å². The van der Waals surface area contributed by atoms with Crippen LogP contribution in [-0.4, -0.2) is 9.97 Å². The summed E-state index contributed by atoms with van der Waals surface area (Å²) in [4.78, 5) is 8.00. The van der Waals surface area contributed by atoms with Crippen molar-refractivity contribution >= 4 is 21.9 Å². The Morgan fingerprint density at radius 2 is 2.21 bits per heavy atom. The Balaban J connectivity index is 2.41. The fourth-order valence-electron chi connectivity index (χ4n) is 1.02. The van der Waals surface area contributed by atoms with Crippen LogP contribution in [0.5, 0.6) is 0 Å². The van der Waals surface area contributed by atoms with E-state index in [0.717, 1.165) is 0 Å². The van der Waals surface area contributed by atoms with Crippen molar-refractivity contribution in [2.75, 3.05) is 5.43 Å². The minimum atomic E-state index is 0.357. The van der Waals surface area contributed by atoms with Crippen LogP contribution in [-0.2, 0) is 0 Å². The molecular weight excluding hydrogens is 248 g/mol. The van der Waals surface area contributed by atoms with Gasteiger partial charge in [0.15, 0.2) is 10.4 Å². The van der Waals surface area contributed by atoms with Gasteiger partial charge in [0, 0.05) is 6.20 Å². The highest BCUT2D eigenvalue weighted by atomic mass is 79.9. The number of anilines is 1. The van der Waals surface area contributed by atoms with Crippen LogP contribution in [0.1, 0.15) is 0 Å². The van der Waals surface area contributed by atoms with E-state index in [9.17, 15) is 0 Å². The van der Waals surface area contributed by atoms with E-state index in [1.165, 1.54) is 0 Å². The summed E-state index contributed by atoms with van der Waals surface area (Å²) in [5, 5.41) is 0. The number of halogens is 1. The van der Waals surface area contributed by atoms with Gasteiger partial charge in [-0.1, -0.05) is 0 Å². The Labute approximate surface area is 88.4 Å². The highest BCUT2D eigenvalue weighted by molar-refractivity contribution is 9.10. The van der Waals surface area contributed by atoms with Gasteiger partial charge in [-0.25, -0.2) is 15.8 Å². The number of nitrogens with two attached hydrogens (primary N) is 1. The first kappa shape index (κ1) is 9.17. The van der Waals surface area contributed by atoms with E-state index >= 15 is 0 Å². The number of nitrogens with one attached hydrogen (secondary N) is 1. The molecule has 2 heterocycles. The van der Waals surface area contributed by atoms with Crippen LogP contribution >= 0.6 is 15.9 Å². The van der Waals surface area contributed by atoms with Crippen molar-refractivity contribution in [3.8, 4) is 11.5 Å².